The van der Waals surface area contributed by atoms with Crippen LogP contribution in [0.4, 0.5) is 0 Å². The molecule has 0 radical (unpaired) electrons. The lowest BCUT2D eigenvalue weighted by Gasteiger charge is -2.21. The Kier molecular flexibility index (Phi) is 9.70. The summed E-state index contributed by atoms with van der Waals surface area (Å²) >= 11 is 0. The number of halogens is 1. The van der Waals surface area contributed by atoms with Gasteiger partial charge in [-0.1, -0.05) is 26.0 Å². The highest BCUT2D eigenvalue weighted by molar-refractivity contribution is 5.85. The average Bonchev–Trinajstić information content (AvgIpc) is 2.37. The third-order valence-corrected chi connectivity index (χ3v) is 3.45. The van der Waals surface area contributed by atoms with E-state index in [1.54, 1.807) is 7.11 Å². The van der Waals surface area contributed by atoms with Crippen molar-refractivity contribution < 1.29 is 4.74 Å². The number of hydrogen-bond acceptors (Lipinski definition) is 2. The second-order valence-electron chi connectivity index (χ2n) is 5.99. The SMILES string of the molecule is COc1ccc(CC(C)NC(C)CCC(C)C)cc1.Cl. The molecule has 0 aliphatic rings. The van der Waals surface area contributed by atoms with Gasteiger partial charge in [0.25, 0.3) is 0 Å². The molecule has 3 heteroatoms. The maximum atomic E-state index is 5.18. The van der Waals surface area contributed by atoms with Crippen molar-refractivity contribution in [1.29, 1.82) is 0 Å². The van der Waals surface area contributed by atoms with E-state index in [1.807, 2.05) is 12.1 Å². The number of rotatable bonds is 8. The summed E-state index contributed by atoms with van der Waals surface area (Å²) in [5.74, 6) is 1.72. The van der Waals surface area contributed by atoms with Crippen molar-refractivity contribution >= 4 is 12.4 Å². The summed E-state index contributed by atoms with van der Waals surface area (Å²) in [6, 6.07) is 9.46. The van der Waals surface area contributed by atoms with Gasteiger partial charge in [0.05, 0.1) is 7.11 Å². The molecule has 0 heterocycles. The van der Waals surface area contributed by atoms with Crippen molar-refractivity contribution in [2.75, 3.05) is 7.11 Å². The monoisotopic (exact) mass is 299 g/mol. The standard InChI is InChI=1S/C17H29NO.ClH/c1-13(2)6-7-14(3)18-15(4)12-16-8-10-17(19-5)11-9-16;/h8-11,13-15,18H,6-7,12H2,1-5H3;1H. The van der Waals surface area contributed by atoms with Crippen molar-refractivity contribution in [3.8, 4) is 5.75 Å². The van der Waals surface area contributed by atoms with E-state index < -0.39 is 0 Å². The highest BCUT2D eigenvalue weighted by Gasteiger charge is 2.09. The fraction of sp³-hybridized carbons (Fsp3) is 0.647. The Morgan fingerprint density at radius 1 is 0.950 bits per heavy atom. The largest absolute Gasteiger partial charge is 0.497 e. The molecule has 2 unspecified atom stereocenters. The second kappa shape index (κ2) is 10.1. The summed E-state index contributed by atoms with van der Waals surface area (Å²) in [6.45, 7) is 9.12. The molecule has 0 saturated carbocycles. The fourth-order valence-electron chi connectivity index (χ4n) is 2.33. The van der Waals surface area contributed by atoms with Gasteiger partial charge in [-0.15, -0.1) is 12.4 Å². The summed E-state index contributed by atoms with van der Waals surface area (Å²) < 4.78 is 5.18. The molecule has 0 aromatic heterocycles. The smallest absolute Gasteiger partial charge is 0.118 e. The molecule has 2 atom stereocenters. The van der Waals surface area contributed by atoms with Crippen LogP contribution in [0.5, 0.6) is 5.75 Å². The lowest BCUT2D eigenvalue weighted by molar-refractivity contribution is 0.408. The van der Waals surface area contributed by atoms with Crippen molar-refractivity contribution in [3.05, 3.63) is 29.8 Å². The van der Waals surface area contributed by atoms with Gasteiger partial charge < -0.3 is 10.1 Å². The molecule has 2 nitrogen and oxygen atoms in total. The van der Waals surface area contributed by atoms with E-state index in [0.717, 1.165) is 18.1 Å². The molecule has 1 aromatic carbocycles. The Balaban J connectivity index is 0.00000361. The predicted octanol–water partition coefficient (Wildman–Crippen LogP) is 4.46. The van der Waals surface area contributed by atoms with Crippen molar-refractivity contribution in [2.24, 2.45) is 5.92 Å². The van der Waals surface area contributed by atoms with Gasteiger partial charge in [-0.25, -0.2) is 0 Å². The van der Waals surface area contributed by atoms with E-state index in [2.05, 4.69) is 45.1 Å². The second-order valence-corrected chi connectivity index (χ2v) is 5.99. The lowest BCUT2D eigenvalue weighted by Crippen LogP contribution is -2.36. The third kappa shape index (κ3) is 7.76. The molecule has 1 aromatic rings. The molecular weight excluding hydrogens is 270 g/mol. The van der Waals surface area contributed by atoms with Crippen LogP contribution in [-0.4, -0.2) is 19.2 Å². The minimum Gasteiger partial charge on any atom is -0.497 e. The molecule has 1 rings (SSSR count). The van der Waals surface area contributed by atoms with Gasteiger partial charge in [-0.05, 0) is 56.7 Å². The Hall–Kier alpha value is -0.730. The van der Waals surface area contributed by atoms with E-state index >= 15 is 0 Å². The van der Waals surface area contributed by atoms with Gasteiger partial charge in [0.1, 0.15) is 5.75 Å². The van der Waals surface area contributed by atoms with Crippen LogP contribution in [0.15, 0.2) is 24.3 Å². The molecule has 0 spiro atoms. The highest BCUT2D eigenvalue weighted by Crippen LogP contribution is 2.13. The molecule has 1 N–H and O–H groups in total. The van der Waals surface area contributed by atoms with Crippen LogP contribution in [0, 0.1) is 5.92 Å². The first-order valence-electron chi connectivity index (χ1n) is 7.40. The van der Waals surface area contributed by atoms with Crippen molar-refractivity contribution in [1.82, 2.24) is 5.32 Å². The van der Waals surface area contributed by atoms with Crippen LogP contribution in [0.2, 0.25) is 0 Å². The third-order valence-electron chi connectivity index (χ3n) is 3.45. The number of methoxy groups -OCH3 is 1. The summed E-state index contributed by atoms with van der Waals surface area (Å²) in [4.78, 5) is 0. The molecular formula is C17H30ClNO. The molecule has 0 aliphatic heterocycles. The first kappa shape index (κ1) is 19.3. The first-order chi connectivity index (χ1) is 9.01. The van der Waals surface area contributed by atoms with E-state index in [9.17, 15) is 0 Å². The molecule has 0 fully saturated rings. The van der Waals surface area contributed by atoms with Crippen LogP contribution in [0.25, 0.3) is 0 Å². The molecule has 0 bridgehead atoms. The summed E-state index contributed by atoms with van der Waals surface area (Å²) in [6.07, 6.45) is 3.62. The zero-order valence-corrected chi connectivity index (χ0v) is 14.3. The van der Waals surface area contributed by atoms with Gasteiger partial charge in [0.15, 0.2) is 0 Å². The van der Waals surface area contributed by atoms with Crippen LogP contribution >= 0.6 is 12.4 Å². The van der Waals surface area contributed by atoms with Gasteiger partial charge in [0.2, 0.25) is 0 Å². The first-order valence-corrected chi connectivity index (χ1v) is 7.40. The van der Waals surface area contributed by atoms with Gasteiger partial charge in [-0.3, -0.25) is 0 Å². The Morgan fingerprint density at radius 3 is 2.05 bits per heavy atom. The van der Waals surface area contributed by atoms with Gasteiger partial charge in [0, 0.05) is 12.1 Å². The molecule has 116 valence electrons. The summed E-state index contributed by atoms with van der Waals surface area (Å²) in [5.41, 5.74) is 1.36. The van der Waals surface area contributed by atoms with E-state index in [4.69, 9.17) is 4.74 Å². The lowest BCUT2D eigenvalue weighted by atomic mass is 10.0. The van der Waals surface area contributed by atoms with Crippen molar-refractivity contribution in [2.45, 2.75) is 59.0 Å². The number of benzene rings is 1. The minimum atomic E-state index is 0. The Morgan fingerprint density at radius 2 is 1.55 bits per heavy atom. The maximum absolute atomic E-state index is 5.18. The summed E-state index contributed by atoms with van der Waals surface area (Å²) in [7, 11) is 1.70. The van der Waals surface area contributed by atoms with E-state index in [1.165, 1.54) is 18.4 Å². The highest BCUT2D eigenvalue weighted by atomic mass is 35.5. The zero-order valence-electron chi connectivity index (χ0n) is 13.5. The maximum Gasteiger partial charge on any atom is 0.118 e. The van der Waals surface area contributed by atoms with Crippen LogP contribution in [0.1, 0.15) is 46.1 Å². The van der Waals surface area contributed by atoms with Crippen LogP contribution < -0.4 is 10.1 Å². The molecule has 20 heavy (non-hydrogen) atoms. The number of nitrogens with one attached hydrogen (secondary N) is 1. The average molecular weight is 300 g/mol. The van der Waals surface area contributed by atoms with Crippen LogP contribution in [0.3, 0.4) is 0 Å². The normalized spacial score (nSPS) is 13.7. The van der Waals surface area contributed by atoms with E-state index in [0.29, 0.717) is 12.1 Å². The number of hydrogen-bond donors (Lipinski definition) is 1. The quantitative estimate of drug-likeness (QED) is 0.765. The van der Waals surface area contributed by atoms with E-state index in [-0.39, 0.29) is 12.4 Å². The fourth-order valence-corrected chi connectivity index (χ4v) is 2.33. The van der Waals surface area contributed by atoms with Gasteiger partial charge >= 0.3 is 0 Å². The summed E-state index contributed by atoms with van der Waals surface area (Å²) in [5, 5.41) is 3.68. The molecule has 0 saturated heterocycles. The molecule has 0 aliphatic carbocycles. The minimum absolute atomic E-state index is 0. The number of ether oxygens (including phenoxy) is 1. The van der Waals surface area contributed by atoms with Crippen LogP contribution in [-0.2, 0) is 6.42 Å². The zero-order chi connectivity index (χ0) is 14.3. The Labute approximate surface area is 130 Å². The van der Waals surface area contributed by atoms with Crippen molar-refractivity contribution in [3.63, 3.8) is 0 Å². The Bertz CT molecular complexity index is 351. The molecule has 0 amide bonds. The van der Waals surface area contributed by atoms with Gasteiger partial charge in [-0.2, -0.15) is 0 Å². The predicted molar refractivity (Wildman–Crippen MR) is 90.1 cm³/mol. The topological polar surface area (TPSA) is 21.3 Å².